The zero-order valence-corrected chi connectivity index (χ0v) is 7.17. The first-order valence-corrected chi connectivity index (χ1v) is 5.48. The third kappa shape index (κ3) is 0.632. The van der Waals surface area contributed by atoms with E-state index in [1.54, 1.807) is 0 Å². The zero-order valence-electron chi connectivity index (χ0n) is 5.53. The van der Waals surface area contributed by atoms with Gasteiger partial charge in [0.05, 0.1) is 0 Å². The third-order valence-corrected chi connectivity index (χ3v) is 7.39. The Morgan fingerprint density at radius 1 is 1.22 bits per heavy atom. The van der Waals surface area contributed by atoms with Gasteiger partial charge in [0, 0.05) is 11.8 Å². The van der Waals surface area contributed by atoms with E-state index in [0.29, 0.717) is 21.0 Å². The van der Waals surface area contributed by atoms with Crippen LogP contribution in [0.4, 0.5) is 0 Å². The molecule has 0 aromatic rings. The molecule has 0 aromatic heterocycles. The molecule has 1 unspecified atom stereocenters. The Morgan fingerprint density at radius 2 is 1.67 bits per heavy atom. The van der Waals surface area contributed by atoms with E-state index in [2.05, 4.69) is 13.8 Å². The van der Waals surface area contributed by atoms with Gasteiger partial charge in [0.25, 0.3) is 0 Å². The fraction of sp³-hybridized carbons (Fsp3) is 1.00. The molecule has 3 saturated heterocycles. The average Bonchev–Trinajstić information content (AvgIpc) is 2.18. The van der Waals surface area contributed by atoms with Crippen LogP contribution >= 0.6 is 11.8 Å². The molecule has 0 saturated carbocycles. The SMILES string of the molecule is C[C@@H]1[C@H](C)[C@@H]2S[C@H]1[S+]2[O-]. The largest absolute Gasteiger partial charge is 0.615 e. The molecule has 3 aliphatic rings. The highest BCUT2D eigenvalue weighted by Crippen LogP contribution is 2.58. The van der Waals surface area contributed by atoms with Crippen LogP contribution in [0.1, 0.15) is 13.8 Å². The van der Waals surface area contributed by atoms with Crippen LogP contribution in [0.3, 0.4) is 0 Å². The molecule has 1 nitrogen and oxygen atoms in total. The Balaban J connectivity index is 2.18. The lowest BCUT2D eigenvalue weighted by molar-refractivity contribution is 0.491. The number of thioether (sulfide) groups is 1. The maximum Gasteiger partial charge on any atom is 0.169 e. The molecule has 3 heteroatoms. The normalized spacial score (nSPS) is 63.7. The van der Waals surface area contributed by atoms with Crippen LogP contribution in [0.15, 0.2) is 0 Å². The highest BCUT2D eigenvalue weighted by atomic mass is 32.3. The minimum Gasteiger partial charge on any atom is -0.615 e. The molecule has 5 atom stereocenters. The predicted molar refractivity (Wildman–Crippen MR) is 41.6 cm³/mol. The standard InChI is InChI=1S/C6H10OS2/c1-3-4(2)6-8-5(3)9(6)7/h3-6H,1-2H3/t3-,4+,5+,6-,9?. The molecule has 3 rings (SSSR count). The lowest BCUT2D eigenvalue weighted by Gasteiger charge is -2.28. The van der Waals surface area contributed by atoms with Gasteiger partial charge in [0.15, 0.2) is 9.16 Å². The monoisotopic (exact) mass is 162 g/mol. The summed E-state index contributed by atoms with van der Waals surface area (Å²) in [6.07, 6.45) is 0. The Bertz CT molecular complexity index is 121. The van der Waals surface area contributed by atoms with Gasteiger partial charge in [0.2, 0.25) is 0 Å². The Kier molecular flexibility index (Phi) is 1.30. The van der Waals surface area contributed by atoms with E-state index in [1.165, 1.54) is 0 Å². The molecule has 0 aliphatic carbocycles. The smallest absolute Gasteiger partial charge is 0.169 e. The summed E-state index contributed by atoms with van der Waals surface area (Å²) < 4.78 is 12.1. The fourth-order valence-electron chi connectivity index (χ4n) is 1.49. The van der Waals surface area contributed by atoms with Gasteiger partial charge in [-0.25, -0.2) is 0 Å². The van der Waals surface area contributed by atoms with Crippen molar-refractivity contribution in [1.29, 1.82) is 0 Å². The summed E-state index contributed by atoms with van der Waals surface area (Å²) in [5.74, 6) is 1.39. The molecule has 0 aromatic carbocycles. The number of hydrogen-bond donors (Lipinski definition) is 0. The van der Waals surface area contributed by atoms with Crippen molar-refractivity contribution in [2.24, 2.45) is 11.8 Å². The van der Waals surface area contributed by atoms with Gasteiger partial charge in [-0.15, -0.1) is 0 Å². The van der Waals surface area contributed by atoms with E-state index < -0.39 is 11.2 Å². The van der Waals surface area contributed by atoms with E-state index in [4.69, 9.17) is 0 Å². The first-order valence-electron chi connectivity index (χ1n) is 3.26. The molecular weight excluding hydrogens is 152 g/mol. The maximum atomic E-state index is 11.1. The van der Waals surface area contributed by atoms with Gasteiger partial charge in [-0.2, -0.15) is 0 Å². The third-order valence-electron chi connectivity index (χ3n) is 2.41. The number of rotatable bonds is 0. The predicted octanol–water partition coefficient (Wildman–Crippen LogP) is 1.42. The van der Waals surface area contributed by atoms with E-state index in [1.807, 2.05) is 11.8 Å². The minimum absolute atomic E-state index is 0.468. The summed E-state index contributed by atoms with van der Waals surface area (Å²) in [5, 5.41) is 0. The van der Waals surface area contributed by atoms with Gasteiger partial charge in [-0.05, 0) is 22.9 Å². The first kappa shape index (κ1) is 6.38. The summed E-state index contributed by atoms with van der Waals surface area (Å²) in [6.45, 7) is 4.43. The van der Waals surface area contributed by atoms with Gasteiger partial charge < -0.3 is 4.55 Å². The summed E-state index contributed by atoms with van der Waals surface area (Å²) in [7, 11) is 0. The highest BCUT2D eigenvalue weighted by Gasteiger charge is 2.61. The van der Waals surface area contributed by atoms with Crippen molar-refractivity contribution in [3.05, 3.63) is 0 Å². The molecule has 9 heavy (non-hydrogen) atoms. The maximum absolute atomic E-state index is 11.1. The van der Waals surface area contributed by atoms with Crippen molar-refractivity contribution in [2.45, 2.75) is 23.0 Å². The topological polar surface area (TPSA) is 23.1 Å². The van der Waals surface area contributed by atoms with Gasteiger partial charge in [-0.1, -0.05) is 13.8 Å². The fourth-order valence-corrected chi connectivity index (χ4v) is 5.84. The second-order valence-electron chi connectivity index (χ2n) is 2.92. The van der Waals surface area contributed by atoms with Crippen LogP contribution in [0, 0.1) is 11.8 Å². The van der Waals surface area contributed by atoms with Gasteiger partial charge in [-0.3, -0.25) is 0 Å². The molecule has 52 valence electrons. The number of fused-ring (bicyclic) bond motifs is 1. The van der Waals surface area contributed by atoms with Crippen LogP contribution in [-0.2, 0) is 11.2 Å². The molecule has 3 fully saturated rings. The van der Waals surface area contributed by atoms with Crippen molar-refractivity contribution in [2.75, 3.05) is 0 Å². The van der Waals surface area contributed by atoms with Crippen molar-refractivity contribution in [1.82, 2.24) is 0 Å². The van der Waals surface area contributed by atoms with Crippen LogP contribution in [-0.4, -0.2) is 13.7 Å². The Labute approximate surface area is 62.8 Å². The average molecular weight is 162 g/mol. The summed E-state index contributed by atoms with van der Waals surface area (Å²) in [5.41, 5.74) is 0. The second-order valence-corrected chi connectivity index (χ2v) is 6.48. The van der Waals surface area contributed by atoms with Crippen LogP contribution in [0.2, 0.25) is 0 Å². The molecule has 0 spiro atoms. The Hall–Kier alpha value is 0.660. The summed E-state index contributed by atoms with van der Waals surface area (Å²) >= 11 is 1.45. The highest BCUT2D eigenvalue weighted by molar-refractivity contribution is 8.30. The molecule has 3 aliphatic heterocycles. The van der Waals surface area contributed by atoms with Crippen molar-refractivity contribution in [3.63, 3.8) is 0 Å². The van der Waals surface area contributed by atoms with Crippen LogP contribution in [0.25, 0.3) is 0 Å². The van der Waals surface area contributed by atoms with Crippen LogP contribution in [0.5, 0.6) is 0 Å². The molecular formula is C6H10OS2. The lowest BCUT2D eigenvalue weighted by atomic mass is 10.0. The van der Waals surface area contributed by atoms with Gasteiger partial charge in [0.1, 0.15) is 0 Å². The molecule has 0 amide bonds. The molecule has 0 radical (unpaired) electrons. The van der Waals surface area contributed by atoms with Crippen molar-refractivity contribution >= 4 is 22.9 Å². The van der Waals surface area contributed by atoms with E-state index in [-0.39, 0.29) is 0 Å². The van der Waals surface area contributed by atoms with E-state index in [9.17, 15) is 4.55 Å². The first-order chi connectivity index (χ1) is 4.22. The summed E-state index contributed by atoms with van der Waals surface area (Å²) in [4.78, 5) is 0. The molecule has 0 N–H and O–H groups in total. The van der Waals surface area contributed by atoms with Gasteiger partial charge >= 0.3 is 0 Å². The second kappa shape index (κ2) is 1.83. The van der Waals surface area contributed by atoms with Crippen molar-refractivity contribution < 1.29 is 4.55 Å². The van der Waals surface area contributed by atoms with Crippen LogP contribution < -0.4 is 0 Å². The number of hydrogen-bond acceptors (Lipinski definition) is 2. The molecule has 2 bridgehead atoms. The van der Waals surface area contributed by atoms with E-state index in [0.717, 1.165) is 0 Å². The quantitative estimate of drug-likeness (QED) is 0.503. The Morgan fingerprint density at radius 3 is 1.78 bits per heavy atom. The van der Waals surface area contributed by atoms with Crippen molar-refractivity contribution in [3.8, 4) is 0 Å². The minimum atomic E-state index is -0.468. The zero-order chi connectivity index (χ0) is 6.59. The summed E-state index contributed by atoms with van der Waals surface area (Å²) in [6, 6.07) is 0. The molecule has 3 heterocycles. The van der Waals surface area contributed by atoms with E-state index >= 15 is 0 Å². The lowest BCUT2D eigenvalue weighted by Crippen LogP contribution is -2.32.